The van der Waals surface area contributed by atoms with Crippen LogP contribution in [0.3, 0.4) is 0 Å². The van der Waals surface area contributed by atoms with Gasteiger partial charge in [0.2, 0.25) is 5.96 Å². The van der Waals surface area contributed by atoms with Crippen LogP contribution in [0.5, 0.6) is 0 Å². The normalized spacial score (nSPS) is 20.7. The standard InChI is InChI=1S/C13H21N5O/c1-9-7-19-8-11(9)5-6-14-12-15-10(2)16-13(17-12)18(3)4/h7-8,10H,5-6H2,1-4H3,(H2,14,15,16,17). The summed E-state index contributed by atoms with van der Waals surface area (Å²) in [5, 5.41) is 6.37. The van der Waals surface area contributed by atoms with Gasteiger partial charge in [-0.15, -0.1) is 0 Å². The highest BCUT2D eigenvalue weighted by Gasteiger charge is 2.15. The summed E-state index contributed by atoms with van der Waals surface area (Å²) in [4.78, 5) is 10.9. The van der Waals surface area contributed by atoms with Crippen molar-refractivity contribution in [2.45, 2.75) is 26.4 Å². The maximum Gasteiger partial charge on any atom is 0.202 e. The zero-order valence-corrected chi connectivity index (χ0v) is 11.9. The third-order valence-corrected chi connectivity index (χ3v) is 2.93. The Labute approximate surface area is 113 Å². The average Bonchev–Trinajstić information content (AvgIpc) is 2.74. The minimum Gasteiger partial charge on any atom is -0.472 e. The Hall–Kier alpha value is -1.98. The molecule has 1 aromatic rings. The summed E-state index contributed by atoms with van der Waals surface area (Å²) < 4.78 is 5.15. The van der Waals surface area contributed by atoms with Crippen molar-refractivity contribution >= 4 is 11.9 Å². The molecule has 0 saturated carbocycles. The maximum atomic E-state index is 5.15. The molecule has 2 heterocycles. The van der Waals surface area contributed by atoms with E-state index in [0.29, 0.717) is 6.54 Å². The highest BCUT2D eigenvalue weighted by Crippen LogP contribution is 2.09. The first-order valence-electron chi connectivity index (χ1n) is 6.41. The summed E-state index contributed by atoms with van der Waals surface area (Å²) in [7, 11) is 3.91. The van der Waals surface area contributed by atoms with Crippen molar-refractivity contribution in [2.75, 3.05) is 20.6 Å². The van der Waals surface area contributed by atoms with E-state index in [1.54, 1.807) is 12.5 Å². The molecule has 2 N–H and O–H groups in total. The van der Waals surface area contributed by atoms with Crippen LogP contribution in [-0.4, -0.2) is 43.6 Å². The predicted octanol–water partition coefficient (Wildman–Crippen LogP) is 0.943. The molecule has 0 bridgehead atoms. The Kier molecular flexibility index (Phi) is 4.09. The lowest BCUT2D eigenvalue weighted by Gasteiger charge is -2.26. The highest BCUT2D eigenvalue weighted by atomic mass is 16.3. The van der Waals surface area contributed by atoms with Gasteiger partial charge in [-0.05, 0) is 31.4 Å². The first-order chi connectivity index (χ1) is 9.06. The second kappa shape index (κ2) is 5.77. The fraction of sp³-hybridized carbons (Fsp3) is 0.538. The molecule has 0 fully saturated rings. The van der Waals surface area contributed by atoms with Crippen LogP contribution in [-0.2, 0) is 6.42 Å². The molecule has 6 nitrogen and oxygen atoms in total. The van der Waals surface area contributed by atoms with Crippen LogP contribution in [0.1, 0.15) is 18.1 Å². The van der Waals surface area contributed by atoms with Gasteiger partial charge in [0.15, 0.2) is 5.96 Å². The van der Waals surface area contributed by atoms with E-state index in [2.05, 4.69) is 20.6 Å². The second-order valence-electron chi connectivity index (χ2n) is 4.85. The van der Waals surface area contributed by atoms with E-state index in [9.17, 15) is 0 Å². The number of guanidine groups is 2. The number of nitrogens with zero attached hydrogens (tertiary/aromatic N) is 3. The number of aryl methyl sites for hydroxylation is 1. The lowest BCUT2D eigenvalue weighted by Crippen LogP contribution is -2.53. The molecule has 6 heteroatoms. The molecule has 104 valence electrons. The molecule has 1 aliphatic rings. The van der Waals surface area contributed by atoms with Crippen LogP contribution in [0.25, 0.3) is 0 Å². The SMILES string of the molecule is Cc1cocc1CCN=C1NC(N(C)C)=NC(C)N1. The Morgan fingerprint density at radius 1 is 1.42 bits per heavy atom. The molecule has 0 aliphatic carbocycles. The molecule has 1 aliphatic heterocycles. The molecule has 0 radical (unpaired) electrons. The maximum absolute atomic E-state index is 5.15. The molecule has 1 atom stereocenters. The van der Waals surface area contributed by atoms with Crippen molar-refractivity contribution in [3.8, 4) is 0 Å². The van der Waals surface area contributed by atoms with Gasteiger partial charge in [0.25, 0.3) is 0 Å². The van der Waals surface area contributed by atoms with Crippen molar-refractivity contribution in [1.29, 1.82) is 0 Å². The van der Waals surface area contributed by atoms with Gasteiger partial charge >= 0.3 is 0 Å². The van der Waals surface area contributed by atoms with Crippen LogP contribution < -0.4 is 10.6 Å². The number of hydrogen-bond acceptors (Lipinski definition) is 4. The topological polar surface area (TPSA) is 65.2 Å². The van der Waals surface area contributed by atoms with E-state index in [0.717, 1.165) is 18.3 Å². The van der Waals surface area contributed by atoms with E-state index in [4.69, 9.17) is 4.42 Å². The van der Waals surface area contributed by atoms with Crippen LogP contribution in [0.4, 0.5) is 0 Å². The Bertz CT molecular complexity index is 489. The van der Waals surface area contributed by atoms with E-state index < -0.39 is 0 Å². The van der Waals surface area contributed by atoms with E-state index >= 15 is 0 Å². The van der Waals surface area contributed by atoms with Gasteiger partial charge in [-0.2, -0.15) is 0 Å². The molecule has 1 aromatic heterocycles. The Morgan fingerprint density at radius 2 is 2.21 bits per heavy atom. The summed E-state index contributed by atoms with van der Waals surface area (Å²) in [6.45, 7) is 4.76. The van der Waals surface area contributed by atoms with Crippen LogP contribution >= 0.6 is 0 Å². The van der Waals surface area contributed by atoms with Crippen molar-refractivity contribution in [2.24, 2.45) is 9.98 Å². The predicted molar refractivity (Wildman–Crippen MR) is 76.3 cm³/mol. The highest BCUT2D eigenvalue weighted by molar-refractivity contribution is 6.00. The molecule has 0 saturated heterocycles. The lowest BCUT2D eigenvalue weighted by molar-refractivity contribution is 0.558. The third kappa shape index (κ3) is 3.49. The fourth-order valence-corrected chi connectivity index (χ4v) is 1.83. The average molecular weight is 263 g/mol. The summed E-state index contributed by atoms with van der Waals surface area (Å²) in [6.07, 6.45) is 4.45. The summed E-state index contributed by atoms with van der Waals surface area (Å²) in [6, 6.07) is 0. The van der Waals surface area contributed by atoms with Gasteiger partial charge in [0.1, 0.15) is 6.17 Å². The first kappa shape index (κ1) is 13.5. The van der Waals surface area contributed by atoms with E-state index in [-0.39, 0.29) is 6.17 Å². The Morgan fingerprint density at radius 3 is 2.84 bits per heavy atom. The third-order valence-electron chi connectivity index (χ3n) is 2.93. The van der Waals surface area contributed by atoms with Crippen LogP contribution in [0.15, 0.2) is 26.9 Å². The zero-order valence-electron chi connectivity index (χ0n) is 11.9. The fourth-order valence-electron chi connectivity index (χ4n) is 1.83. The van der Waals surface area contributed by atoms with Gasteiger partial charge < -0.3 is 14.6 Å². The summed E-state index contributed by atoms with van der Waals surface area (Å²) in [5.74, 6) is 1.59. The number of hydrogen-bond donors (Lipinski definition) is 2. The minimum atomic E-state index is 0.0352. The van der Waals surface area contributed by atoms with Crippen LogP contribution in [0, 0.1) is 6.92 Å². The number of nitrogens with one attached hydrogen (secondary N) is 2. The molecular formula is C13H21N5O. The minimum absolute atomic E-state index is 0.0352. The Balaban J connectivity index is 1.93. The molecule has 2 rings (SSSR count). The quantitative estimate of drug-likeness (QED) is 0.852. The van der Waals surface area contributed by atoms with Gasteiger partial charge in [0.05, 0.1) is 12.5 Å². The first-order valence-corrected chi connectivity index (χ1v) is 6.41. The largest absolute Gasteiger partial charge is 0.472 e. The lowest BCUT2D eigenvalue weighted by atomic mass is 10.1. The van der Waals surface area contributed by atoms with Crippen molar-refractivity contribution in [3.63, 3.8) is 0 Å². The van der Waals surface area contributed by atoms with Crippen molar-refractivity contribution in [1.82, 2.24) is 15.5 Å². The summed E-state index contributed by atoms with van der Waals surface area (Å²) in [5.41, 5.74) is 2.38. The molecule has 0 spiro atoms. The van der Waals surface area contributed by atoms with Gasteiger partial charge in [-0.1, -0.05) is 0 Å². The molecular weight excluding hydrogens is 242 g/mol. The molecule has 0 aromatic carbocycles. The monoisotopic (exact) mass is 263 g/mol. The van der Waals surface area contributed by atoms with E-state index in [1.165, 1.54) is 11.1 Å². The number of furan rings is 1. The van der Waals surface area contributed by atoms with E-state index in [1.807, 2.05) is 32.8 Å². The molecule has 1 unspecified atom stereocenters. The number of rotatable bonds is 3. The zero-order chi connectivity index (χ0) is 13.8. The smallest absolute Gasteiger partial charge is 0.202 e. The van der Waals surface area contributed by atoms with Crippen molar-refractivity contribution < 1.29 is 4.42 Å². The van der Waals surface area contributed by atoms with Gasteiger partial charge in [-0.3, -0.25) is 10.3 Å². The molecule has 0 amide bonds. The van der Waals surface area contributed by atoms with Crippen molar-refractivity contribution in [3.05, 3.63) is 23.7 Å². The summed E-state index contributed by atoms with van der Waals surface area (Å²) >= 11 is 0. The van der Waals surface area contributed by atoms with Crippen LogP contribution in [0.2, 0.25) is 0 Å². The molecule has 19 heavy (non-hydrogen) atoms. The van der Waals surface area contributed by atoms with Gasteiger partial charge in [-0.25, -0.2) is 4.99 Å². The second-order valence-corrected chi connectivity index (χ2v) is 4.85. The van der Waals surface area contributed by atoms with Gasteiger partial charge in [0, 0.05) is 20.6 Å². The number of aliphatic imine (C=N–C) groups is 2.